The van der Waals surface area contributed by atoms with E-state index in [4.69, 9.17) is 11.8 Å². The summed E-state index contributed by atoms with van der Waals surface area (Å²) in [6.07, 6.45) is 0. The topological polar surface area (TPSA) is 80.7 Å². The first-order valence-corrected chi connectivity index (χ1v) is 6.41. The first-order chi connectivity index (χ1) is 9.66. The summed E-state index contributed by atoms with van der Waals surface area (Å²) in [6.45, 7) is 7.49. The van der Waals surface area contributed by atoms with E-state index in [1.54, 1.807) is 0 Å². The summed E-state index contributed by atoms with van der Waals surface area (Å²) < 4.78 is 9.54. The number of rotatable bonds is 3. The first-order valence-electron chi connectivity index (χ1n) is 6.41. The molecule has 1 amide bonds. The van der Waals surface area contributed by atoms with Crippen molar-refractivity contribution < 1.29 is 14.3 Å². The standard InChI is InChI=1S/C13H19N5O3/c1-12(2)8(19)18(13(3,4)17(12)5)9-14-10(20-6)16-11(15-9)21-7/h6H,1-5,7H3. The number of ether oxygens (including phenoxy) is 2. The Balaban J connectivity index is 2.58. The second-order valence-electron chi connectivity index (χ2n) is 5.78. The molecule has 0 N–H and O–H groups in total. The van der Waals surface area contributed by atoms with E-state index >= 15 is 0 Å². The van der Waals surface area contributed by atoms with Gasteiger partial charge in [0.2, 0.25) is 5.95 Å². The Morgan fingerprint density at radius 1 is 1.10 bits per heavy atom. The summed E-state index contributed by atoms with van der Waals surface area (Å²) in [7, 11) is 8.38. The molecule has 2 radical (unpaired) electrons. The minimum Gasteiger partial charge on any atom is -0.467 e. The molecule has 114 valence electrons. The van der Waals surface area contributed by atoms with Crippen LogP contribution in [-0.2, 0) is 4.79 Å². The molecule has 1 aliphatic heterocycles. The summed E-state index contributed by atoms with van der Waals surface area (Å²) in [5, 5.41) is 0. The van der Waals surface area contributed by atoms with Gasteiger partial charge >= 0.3 is 12.0 Å². The fourth-order valence-corrected chi connectivity index (χ4v) is 2.41. The van der Waals surface area contributed by atoms with Gasteiger partial charge in [0.1, 0.15) is 0 Å². The molecule has 0 bridgehead atoms. The average Bonchev–Trinajstić information content (AvgIpc) is 2.56. The van der Waals surface area contributed by atoms with Gasteiger partial charge < -0.3 is 9.47 Å². The molecule has 1 aromatic heterocycles. The second kappa shape index (κ2) is 4.80. The van der Waals surface area contributed by atoms with Gasteiger partial charge in [0.15, 0.2) is 7.11 Å². The molecule has 2 rings (SSSR count). The van der Waals surface area contributed by atoms with Crippen molar-refractivity contribution in [1.82, 2.24) is 19.9 Å². The number of anilines is 1. The Hall–Kier alpha value is -1.96. The Bertz CT molecular complexity index is 551. The van der Waals surface area contributed by atoms with Crippen LogP contribution in [0.15, 0.2) is 0 Å². The zero-order valence-electron chi connectivity index (χ0n) is 13.0. The van der Waals surface area contributed by atoms with Crippen LogP contribution in [0.2, 0.25) is 0 Å². The number of amides is 1. The molecule has 0 aromatic carbocycles. The predicted molar refractivity (Wildman–Crippen MR) is 74.7 cm³/mol. The van der Waals surface area contributed by atoms with E-state index in [0.29, 0.717) is 0 Å². The first kappa shape index (κ1) is 15.4. The van der Waals surface area contributed by atoms with Crippen molar-refractivity contribution in [1.29, 1.82) is 0 Å². The van der Waals surface area contributed by atoms with Crippen molar-refractivity contribution >= 4 is 11.9 Å². The second-order valence-corrected chi connectivity index (χ2v) is 5.78. The lowest BCUT2D eigenvalue weighted by molar-refractivity contribution is -0.123. The van der Waals surface area contributed by atoms with Crippen molar-refractivity contribution in [3.05, 3.63) is 7.11 Å². The van der Waals surface area contributed by atoms with Crippen LogP contribution in [0.5, 0.6) is 12.0 Å². The number of likely N-dealkylation sites (N-methyl/N-ethyl adjacent to an activating group) is 1. The Labute approximate surface area is 124 Å². The van der Waals surface area contributed by atoms with Crippen LogP contribution in [-0.4, -0.2) is 51.1 Å². The van der Waals surface area contributed by atoms with E-state index in [0.717, 1.165) is 0 Å². The van der Waals surface area contributed by atoms with Crippen LogP contribution < -0.4 is 14.4 Å². The average molecular weight is 293 g/mol. The molecule has 0 aliphatic carbocycles. The smallest absolute Gasteiger partial charge is 0.325 e. The highest BCUT2D eigenvalue weighted by Crippen LogP contribution is 2.39. The van der Waals surface area contributed by atoms with E-state index < -0.39 is 11.2 Å². The lowest BCUT2D eigenvalue weighted by Crippen LogP contribution is -2.50. The van der Waals surface area contributed by atoms with Gasteiger partial charge in [-0.1, -0.05) is 0 Å². The predicted octanol–water partition coefficient (Wildman–Crippen LogP) is 0.721. The molecule has 21 heavy (non-hydrogen) atoms. The van der Waals surface area contributed by atoms with Crippen molar-refractivity contribution in [3.8, 4) is 12.0 Å². The molecular weight excluding hydrogens is 274 g/mol. The number of hydrogen-bond acceptors (Lipinski definition) is 7. The summed E-state index contributed by atoms with van der Waals surface area (Å²) in [5.74, 6) is 0.000879. The van der Waals surface area contributed by atoms with Gasteiger partial charge in [0, 0.05) is 0 Å². The number of carbonyl (C=O) groups is 1. The minimum atomic E-state index is -0.687. The zero-order chi connectivity index (χ0) is 16.0. The minimum absolute atomic E-state index is 0.0245. The molecule has 0 spiro atoms. The fraction of sp³-hybridized carbons (Fsp3) is 0.615. The molecule has 0 unspecified atom stereocenters. The number of methoxy groups -OCH3 is 1. The molecule has 8 heteroatoms. The summed E-state index contributed by atoms with van der Waals surface area (Å²) in [5.41, 5.74) is -1.31. The van der Waals surface area contributed by atoms with Gasteiger partial charge in [-0.05, 0) is 34.7 Å². The summed E-state index contributed by atoms with van der Waals surface area (Å²) in [4.78, 5) is 28.2. The maximum absolute atomic E-state index is 12.7. The van der Waals surface area contributed by atoms with Crippen LogP contribution >= 0.6 is 0 Å². The van der Waals surface area contributed by atoms with E-state index in [9.17, 15) is 4.79 Å². The number of hydrogen-bond donors (Lipinski definition) is 0. The SMILES string of the molecule is [CH]Oc1nc(OC)nc(N2C(=O)C(C)(C)N(C)C2(C)C)n1. The number of carbonyl (C=O) groups excluding carboxylic acids is 1. The lowest BCUT2D eigenvalue weighted by atomic mass is 10.0. The third-order valence-corrected chi connectivity index (χ3v) is 4.00. The van der Waals surface area contributed by atoms with Crippen molar-refractivity contribution in [2.24, 2.45) is 0 Å². The highest BCUT2D eigenvalue weighted by Gasteiger charge is 2.56. The van der Waals surface area contributed by atoms with Gasteiger partial charge in [-0.25, -0.2) is 0 Å². The van der Waals surface area contributed by atoms with E-state index in [1.165, 1.54) is 12.0 Å². The van der Waals surface area contributed by atoms with Gasteiger partial charge in [-0.2, -0.15) is 9.97 Å². The molecular formula is C13H19N5O3. The molecule has 0 atom stereocenters. The quantitative estimate of drug-likeness (QED) is 0.812. The normalized spacial score (nSPS) is 20.7. The third-order valence-electron chi connectivity index (χ3n) is 4.00. The fourth-order valence-electron chi connectivity index (χ4n) is 2.41. The Morgan fingerprint density at radius 2 is 1.67 bits per heavy atom. The Morgan fingerprint density at radius 3 is 2.10 bits per heavy atom. The van der Waals surface area contributed by atoms with Gasteiger partial charge in [-0.15, -0.1) is 4.98 Å². The van der Waals surface area contributed by atoms with Gasteiger partial charge in [0.25, 0.3) is 5.91 Å². The van der Waals surface area contributed by atoms with Crippen molar-refractivity contribution in [2.45, 2.75) is 38.9 Å². The third kappa shape index (κ3) is 2.19. The molecule has 2 heterocycles. The van der Waals surface area contributed by atoms with Crippen LogP contribution in [0.1, 0.15) is 27.7 Å². The van der Waals surface area contributed by atoms with Gasteiger partial charge in [0.05, 0.1) is 18.3 Å². The molecule has 8 nitrogen and oxygen atoms in total. The van der Waals surface area contributed by atoms with Crippen LogP contribution in [0.25, 0.3) is 0 Å². The molecule has 1 saturated heterocycles. The number of aromatic nitrogens is 3. The van der Waals surface area contributed by atoms with Crippen LogP contribution in [0.3, 0.4) is 0 Å². The van der Waals surface area contributed by atoms with Crippen LogP contribution in [0.4, 0.5) is 5.95 Å². The van der Waals surface area contributed by atoms with Crippen molar-refractivity contribution in [2.75, 3.05) is 19.1 Å². The highest BCUT2D eigenvalue weighted by molar-refractivity contribution is 6.02. The summed E-state index contributed by atoms with van der Waals surface area (Å²) in [6, 6.07) is -0.0933. The van der Waals surface area contributed by atoms with E-state index in [-0.39, 0.29) is 23.9 Å². The van der Waals surface area contributed by atoms with Crippen molar-refractivity contribution in [3.63, 3.8) is 0 Å². The maximum Gasteiger partial charge on any atom is 0.325 e. The van der Waals surface area contributed by atoms with E-state index in [2.05, 4.69) is 19.7 Å². The molecule has 1 aliphatic rings. The lowest BCUT2D eigenvalue weighted by Gasteiger charge is -2.36. The van der Waals surface area contributed by atoms with Gasteiger partial charge in [-0.3, -0.25) is 14.6 Å². The molecule has 1 fully saturated rings. The monoisotopic (exact) mass is 293 g/mol. The zero-order valence-corrected chi connectivity index (χ0v) is 13.0. The molecule has 0 saturated carbocycles. The summed E-state index contributed by atoms with van der Waals surface area (Å²) >= 11 is 0. The Kier molecular flexibility index (Phi) is 3.53. The van der Waals surface area contributed by atoms with Crippen LogP contribution in [0, 0.1) is 7.11 Å². The molecule has 1 aromatic rings. The largest absolute Gasteiger partial charge is 0.467 e. The highest BCUT2D eigenvalue weighted by atomic mass is 16.5. The van der Waals surface area contributed by atoms with E-state index in [1.807, 2.05) is 39.6 Å². The maximum atomic E-state index is 12.7. The number of nitrogens with zero attached hydrogens (tertiary/aromatic N) is 5.